The van der Waals surface area contributed by atoms with Crippen LogP contribution < -0.4 is 10.0 Å². The molecule has 0 saturated heterocycles. The summed E-state index contributed by atoms with van der Waals surface area (Å²) in [6.07, 6.45) is 3.10. The molecule has 0 fully saturated rings. The maximum atomic E-state index is 12.3. The first-order valence-corrected chi connectivity index (χ1v) is 7.70. The van der Waals surface area contributed by atoms with Crippen molar-refractivity contribution in [3.05, 3.63) is 23.7 Å². The van der Waals surface area contributed by atoms with Crippen LogP contribution in [0.15, 0.2) is 17.4 Å². The lowest BCUT2D eigenvalue weighted by molar-refractivity contribution is 0.595. The molecular weight excluding hydrogens is 280 g/mol. The molecule has 0 atom stereocenters. The predicted molar refractivity (Wildman–Crippen MR) is 74.8 cm³/mol. The zero-order chi connectivity index (χ0) is 14.8. The summed E-state index contributed by atoms with van der Waals surface area (Å²) in [6.45, 7) is 4.81. The van der Waals surface area contributed by atoms with Crippen LogP contribution in [0.3, 0.4) is 0 Å². The summed E-state index contributed by atoms with van der Waals surface area (Å²) in [5.74, 6) is 0. The fourth-order valence-electron chi connectivity index (χ4n) is 1.83. The van der Waals surface area contributed by atoms with Crippen molar-refractivity contribution >= 4 is 15.7 Å². The average Bonchev–Trinajstić information content (AvgIpc) is 2.97. The van der Waals surface area contributed by atoms with E-state index in [2.05, 4.69) is 25.3 Å². The van der Waals surface area contributed by atoms with Gasteiger partial charge in [-0.1, -0.05) is 0 Å². The number of nitrogens with zero attached hydrogens (tertiary/aromatic N) is 3. The van der Waals surface area contributed by atoms with Crippen LogP contribution in [0.25, 0.3) is 0 Å². The highest BCUT2D eigenvalue weighted by atomic mass is 32.2. The molecule has 20 heavy (non-hydrogen) atoms. The fraction of sp³-hybridized carbons (Fsp3) is 0.455. The van der Waals surface area contributed by atoms with Gasteiger partial charge in [0.25, 0.3) is 10.0 Å². The van der Waals surface area contributed by atoms with Crippen LogP contribution in [0, 0.1) is 6.92 Å². The van der Waals surface area contributed by atoms with E-state index in [1.807, 2.05) is 6.92 Å². The van der Waals surface area contributed by atoms with E-state index in [0.29, 0.717) is 24.3 Å². The molecule has 0 amide bonds. The van der Waals surface area contributed by atoms with E-state index in [-0.39, 0.29) is 5.03 Å². The highest BCUT2D eigenvalue weighted by molar-refractivity contribution is 7.92. The minimum Gasteiger partial charge on any atom is -0.316 e. The second kappa shape index (κ2) is 5.63. The molecule has 2 rings (SSSR count). The van der Waals surface area contributed by atoms with Gasteiger partial charge in [0, 0.05) is 30.5 Å². The Morgan fingerprint density at radius 2 is 2.20 bits per heavy atom. The number of aryl methyl sites for hydroxylation is 2. The van der Waals surface area contributed by atoms with Gasteiger partial charge in [-0.15, -0.1) is 0 Å². The Labute approximate surface area is 117 Å². The molecule has 0 bridgehead atoms. The molecule has 0 aliphatic heterocycles. The van der Waals surface area contributed by atoms with E-state index >= 15 is 0 Å². The Morgan fingerprint density at radius 1 is 1.45 bits per heavy atom. The third-order valence-corrected chi connectivity index (χ3v) is 4.20. The molecule has 2 aromatic heterocycles. The second-order valence-electron chi connectivity index (χ2n) is 4.35. The van der Waals surface area contributed by atoms with Crippen molar-refractivity contribution in [2.75, 3.05) is 11.8 Å². The monoisotopic (exact) mass is 298 g/mol. The number of aromatic amines is 1. The predicted octanol–water partition coefficient (Wildman–Crippen LogP) is 0.455. The number of hydrogen-bond acceptors (Lipinski definition) is 5. The van der Waals surface area contributed by atoms with Gasteiger partial charge >= 0.3 is 0 Å². The Kier molecular flexibility index (Phi) is 4.09. The summed E-state index contributed by atoms with van der Waals surface area (Å²) >= 11 is 0. The van der Waals surface area contributed by atoms with Crippen LogP contribution in [0.5, 0.6) is 0 Å². The quantitative estimate of drug-likeness (QED) is 0.718. The number of sulfonamides is 1. The SMILES string of the molecule is CCn1cc(NS(=O)(=O)c2n[nH]c(C)c2CNC)cn1. The number of H-pyrrole nitrogens is 1. The van der Waals surface area contributed by atoms with E-state index in [1.54, 1.807) is 24.9 Å². The lowest BCUT2D eigenvalue weighted by atomic mass is 10.3. The number of rotatable bonds is 6. The molecule has 0 radical (unpaired) electrons. The Hall–Kier alpha value is -1.87. The maximum absolute atomic E-state index is 12.3. The highest BCUT2D eigenvalue weighted by Crippen LogP contribution is 2.19. The van der Waals surface area contributed by atoms with Gasteiger partial charge in [0.1, 0.15) is 0 Å². The van der Waals surface area contributed by atoms with Gasteiger partial charge in [0.15, 0.2) is 0 Å². The Balaban J connectivity index is 2.30. The lowest BCUT2D eigenvalue weighted by Gasteiger charge is -2.06. The number of anilines is 1. The Bertz CT molecular complexity index is 688. The summed E-state index contributed by atoms with van der Waals surface area (Å²) in [5.41, 5.74) is 1.77. The van der Waals surface area contributed by atoms with Gasteiger partial charge in [-0.25, -0.2) is 0 Å². The van der Waals surface area contributed by atoms with Gasteiger partial charge in [-0.2, -0.15) is 18.6 Å². The summed E-state index contributed by atoms with van der Waals surface area (Å²) < 4.78 is 28.8. The number of hydrogen-bond donors (Lipinski definition) is 3. The van der Waals surface area contributed by atoms with Crippen LogP contribution in [-0.2, 0) is 23.1 Å². The zero-order valence-corrected chi connectivity index (χ0v) is 12.5. The van der Waals surface area contributed by atoms with E-state index in [1.165, 1.54) is 6.20 Å². The van der Waals surface area contributed by atoms with E-state index < -0.39 is 10.0 Å². The summed E-state index contributed by atoms with van der Waals surface area (Å²) in [5, 5.41) is 13.6. The third kappa shape index (κ3) is 2.83. The molecule has 0 spiro atoms. The maximum Gasteiger partial charge on any atom is 0.281 e. The van der Waals surface area contributed by atoms with Crippen LogP contribution >= 0.6 is 0 Å². The summed E-state index contributed by atoms with van der Waals surface area (Å²) in [7, 11) is -1.97. The van der Waals surface area contributed by atoms with Crippen LogP contribution in [0.1, 0.15) is 18.2 Å². The average molecular weight is 298 g/mol. The van der Waals surface area contributed by atoms with Crippen molar-refractivity contribution in [1.29, 1.82) is 0 Å². The van der Waals surface area contributed by atoms with E-state index in [4.69, 9.17) is 0 Å². The van der Waals surface area contributed by atoms with Gasteiger partial charge in [0.05, 0.1) is 11.9 Å². The van der Waals surface area contributed by atoms with Gasteiger partial charge in [0.2, 0.25) is 5.03 Å². The van der Waals surface area contributed by atoms with E-state index in [9.17, 15) is 8.42 Å². The molecular formula is C11H18N6O2S. The van der Waals surface area contributed by atoms with Crippen LogP contribution in [-0.4, -0.2) is 35.4 Å². The van der Waals surface area contributed by atoms with Crippen molar-refractivity contribution in [2.45, 2.75) is 32.0 Å². The molecule has 8 nitrogen and oxygen atoms in total. The van der Waals surface area contributed by atoms with Gasteiger partial charge in [-0.3, -0.25) is 14.5 Å². The van der Waals surface area contributed by atoms with Crippen molar-refractivity contribution in [3.63, 3.8) is 0 Å². The fourth-order valence-corrected chi connectivity index (χ4v) is 3.06. The molecule has 0 saturated carbocycles. The first-order valence-electron chi connectivity index (χ1n) is 6.21. The van der Waals surface area contributed by atoms with Crippen molar-refractivity contribution < 1.29 is 8.42 Å². The third-order valence-electron chi connectivity index (χ3n) is 2.85. The molecule has 0 aliphatic carbocycles. The minimum absolute atomic E-state index is 0.00796. The molecule has 3 N–H and O–H groups in total. The zero-order valence-electron chi connectivity index (χ0n) is 11.6. The number of aromatic nitrogens is 4. The first kappa shape index (κ1) is 14.5. The molecule has 0 aliphatic rings. The second-order valence-corrected chi connectivity index (χ2v) is 5.95. The summed E-state index contributed by atoms with van der Waals surface area (Å²) in [4.78, 5) is 0. The van der Waals surface area contributed by atoms with E-state index in [0.717, 1.165) is 5.69 Å². The first-order chi connectivity index (χ1) is 9.47. The molecule has 9 heteroatoms. The molecule has 2 heterocycles. The normalized spacial score (nSPS) is 11.8. The van der Waals surface area contributed by atoms with Crippen LogP contribution in [0.4, 0.5) is 5.69 Å². The van der Waals surface area contributed by atoms with Crippen molar-refractivity contribution in [1.82, 2.24) is 25.3 Å². The molecule has 0 unspecified atom stereocenters. The summed E-state index contributed by atoms with van der Waals surface area (Å²) in [6, 6.07) is 0. The minimum atomic E-state index is -3.73. The molecule has 110 valence electrons. The topological polar surface area (TPSA) is 105 Å². The lowest BCUT2D eigenvalue weighted by Crippen LogP contribution is -2.17. The number of nitrogens with one attached hydrogen (secondary N) is 3. The molecule has 0 aromatic carbocycles. The smallest absolute Gasteiger partial charge is 0.281 e. The highest BCUT2D eigenvalue weighted by Gasteiger charge is 2.23. The molecule has 2 aromatic rings. The largest absolute Gasteiger partial charge is 0.316 e. The standard InChI is InChI=1S/C11H18N6O2S/c1-4-17-7-9(5-13-17)16-20(18,19)11-10(6-12-3)8(2)14-15-11/h5,7,12,16H,4,6H2,1-3H3,(H,14,15). The Morgan fingerprint density at radius 3 is 2.80 bits per heavy atom. The van der Waals surface area contributed by atoms with Crippen molar-refractivity contribution in [3.8, 4) is 0 Å². The van der Waals surface area contributed by atoms with Crippen molar-refractivity contribution in [2.24, 2.45) is 0 Å². The van der Waals surface area contributed by atoms with Gasteiger partial charge < -0.3 is 5.32 Å². The van der Waals surface area contributed by atoms with Crippen LogP contribution in [0.2, 0.25) is 0 Å². The van der Waals surface area contributed by atoms with Gasteiger partial charge in [-0.05, 0) is 20.9 Å².